The van der Waals surface area contributed by atoms with Crippen LogP contribution < -0.4 is 0 Å². The van der Waals surface area contributed by atoms with Crippen molar-refractivity contribution in [1.82, 2.24) is 0 Å². The van der Waals surface area contributed by atoms with Crippen molar-refractivity contribution in [2.45, 2.75) is 11.2 Å². The first-order valence-electron chi connectivity index (χ1n) is 11.2. The third-order valence-corrected chi connectivity index (χ3v) is 5.79. The number of carbonyl (C=O) groups excluding carboxylic acids is 2. The maximum atomic E-state index is 13.3. The number of rotatable bonds is 6. The van der Waals surface area contributed by atoms with E-state index in [2.05, 4.69) is 11.8 Å². The molecule has 0 amide bonds. The van der Waals surface area contributed by atoms with E-state index in [1.165, 1.54) is 0 Å². The molecule has 0 bridgehead atoms. The lowest BCUT2D eigenvalue weighted by Gasteiger charge is -2.31. The summed E-state index contributed by atoms with van der Waals surface area (Å²) in [5.41, 5.74) is -1.28. The molecule has 174 valence electrons. The van der Waals surface area contributed by atoms with Gasteiger partial charge < -0.3 is 9.47 Å². The van der Waals surface area contributed by atoms with Crippen molar-refractivity contribution in [3.8, 4) is 24.7 Å². The second kappa shape index (κ2) is 10.5. The van der Waals surface area contributed by atoms with E-state index in [4.69, 9.17) is 22.3 Å². The van der Waals surface area contributed by atoms with Crippen molar-refractivity contribution < 1.29 is 19.1 Å². The van der Waals surface area contributed by atoms with E-state index >= 15 is 0 Å². The zero-order valence-electron chi connectivity index (χ0n) is 19.3. The van der Waals surface area contributed by atoms with Crippen LogP contribution >= 0.6 is 0 Å². The van der Waals surface area contributed by atoms with Gasteiger partial charge in [-0.1, -0.05) is 121 Å². The highest BCUT2D eigenvalue weighted by molar-refractivity contribution is 6.30. The SMILES string of the molecule is C#CC(OC(=O)C(=O)OC(C#C)(c1ccccc1)c1ccccc1)(c1ccccc1)c1ccccc1. The van der Waals surface area contributed by atoms with Gasteiger partial charge in [-0.15, -0.1) is 12.8 Å². The van der Waals surface area contributed by atoms with Gasteiger partial charge in [0.2, 0.25) is 11.2 Å². The molecule has 0 N–H and O–H groups in total. The van der Waals surface area contributed by atoms with Crippen LogP contribution in [0.15, 0.2) is 121 Å². The van der Waals surface area contributed by atoms with Crippen LogP contribution in [0.3, 0.4) is 0 Å². The molecule has 4 aromatic carbocycles. The average molecular weight is 471 g/mol. The van der Waals surface area contributed by atoms with Crippen LogP contribution in [-0.2, 0) is 30.3 Å². The summed E-state index contributed by atoms with van der Waals surface area (Å²) in [6.45, 7) is 0. The molecule has 0 saturated heterocycles. The number of hydrogen-bond acceptors (Lipinski definition) is 4. The molecule has 0 aliphatic carbocycles. The monoisotopic (exact) mass is 470 g/mol. The van der Waals surface area contributed by atoms with Crippen LogP contribution in [0.4, 0.5) is 0 Å². The molecule has 0 spiro atoms. The van der Waals surface area contributed by atoms with E-state index in [1.807, 2.05) is 24.3 Å². The Bertz CT molecular complexity index is 1220. The van der Waals surface area contributed by atoms with Crippen molar-refractivity contribution >= 4 is 11.9 Å². The first-order chi connectivity index (χ1) is 17.6. The van der Waals surface area contributed by atoms with Gasteiger partial charge in [-0.3, -0.25) is 0 Å². The Morgan fingerprint density at radius 3 is 0.889 bits per heavy atom. The molecule has 4 nitrogen and oxygen atoms in total. The predicted octanol–water partition coefficient (Wildman–Crippen LogP) is 5.23. The molecule has 4 aromatic rings. The quantitative estimate of drug-likeness (QED) is 0.220. The van der Waals surface area contributed by atoms with Gasteiger partial charge in [-0.2, -0.15) is 0 Å². The zero-order valence-corrected chi connectivity index (χ0v) is 19.3. The van der Waals surface area contributed by atoms with E-state index < -0.39 is 23.1 Å². The van der Waals surface area contributed by atoms with Gasteiger partial charge >= 0.3 is 11.9 Å². The van der Waals surface area contributed by atoms with Gasteiger partial charge in [-0.05, 0) is 11.8 Å². The minimum Gasteiger partial charge on any atom is -0.429 e. The lowest BCUT2D eigenvalue weighted by molar-refractivity contribution is -0.177. The minimum absolute atomic E-state index is 0.509. The second-order valence-corrected chi connectivity index (χ2v) is 7.89. The molecule has 4 rings (SSSR count). The molecule has 0 aliphatic rings. The van der Waals surface area contributed by atoms with E-state index in [-0.39, 0.29) is 0 Å². The van der Waals surface area contributed by atoms with Crippen LogP contribution in [0, 0.1) is 24.7 Å². The van der Waals surface area contributed by atoms with Gasteiger partial charge in [0.15, 0.2) is 0 Å². The van der Waals surface area contributed by atoms with Crippen molar-refractivity contribution in [2.24, 2.45) is 0 Å². The van der Waals surface area contributed by atoms with Crippen molar-refractivity contribution in [3.05, 3.63) is 144 Å². The predicted molar refractivity (Wildman–Crippen MR) is 137 cm³/mol. The molecule has 0 heterocycles. The van der Waals surface area contributed by atoms with E-state index in [9.17, 15) is 9.59 Å². The van der Waals surface area contributed by atoms with Gasteiger partial charge in [0.25, 0.3) is 0 Å². The summed E-state index contributed by atoms with van der Waals surface area (Å²) >= 11 is 0. The number of carbonyl (C=O) groups is 2. The first-order valence-corrected chi connectivity index (χ1v) is 11.2. The number of hydrogen-bond donors (Lipinski definition) is 0. The highest BCUT2D eigenvalue weighted by Crippen LogP contribution is 2.36. The minimum atomic E-state index is -1.66. The Kier molecular flexibility index (Phi) is 7.00. The van der Waals surface area contributed by atoms with Crippen LogP contribution in [0.25, 0.3) is 0 Å². The largest absolute Gasteiger partial charge is 0.429 e. The summed E-state index contributed by atoms with van der Waals surface area (Å²) in [5.74, 6) is 2.62. The molecule has 0 aliphatic heterocycles. The standard InChI is InChI=1S/C32H22O4/c1-3-31(25-17-9-5-10-18-25,26-19-11-6-12-20-26)35-29(33)30(34)36-32(4-2,27-21-13-7-14-22-27)28-23-15-8-16-24-28/h1-2,5-24H. The Morgan fingerprint density at radius 1 is 0.472 bits per heavy atom. The Hall–Kier alpha value is -5.06. The molecular weight excluding hydrogens is 448 g/mol. The smallest absolute Gasteiger partial charge is 0.419 e. The van der Waals surface area contributed by atoms with Crippen LogP contribution in [0.5, 0.6) is 0 Å². The molecule has 4 heteroatoms. The van der Waals surface area contributed by atoms with Gasteiger partial charge in [0.1, 0.15) is 0 Å². The maximum absolute atomic E-state index is 13.3. The fourth-order valence-corrected chi connectivity index (χ4v) is 4.01. The van der Waals surface area contributed by atoms with Crippen LogP contribution in [0.1, 0.15) is 22.3 Å². The first kappa shape index (κ1) is 24.1. The summed E-state index contributed by atoms with van der Waals surface area (Å²) in [7, 11) is 0. The van der Waals surface area contributed by atoms with Gasteiger partial charge in [0, 0.05) is 22.3 Å². The molecule has 36 heavy (non-hydrogen) atoms. The summed E-state index contributed by atoms with van der Waals surface area (Å²) < 4.78 is 11.5. The molecular formula is C32H22O4. The van der Waals surface area contributed by atoms with E-state index in [1.54, 1.807) is 97.1 Å². The van der Waals surface area contributed by atoms with E-state index in [0.29, 0.717) is 22.3 Å². The zero-order chi connectivity index (χ0) is 25.4. The fourth-order valence-electron chi connectivity index (χ4n) is 4.01. The fraction of sp³-hybridized carbons (Fsp3) is 0.0625. The molecule has 0 aromatic heterocycles. The molecule has 0 radical (unpaired) electrons. The highest BCUT2D eigenvalue weighted by atomic mass is 16.6. The van der Waals surface area contributed by atoms with Crippen molar-refractivity contribution in [3.63, 3.8) is 0 Å². The Labute approximate surface area is 210 Å². The summed E-state index contributed by atoms with van der Waals surface area (Å²) in [6, 6.07) is 35.2. The Morgan fingerprint density at radius 2 is 0.694 bits per heavy atom. The lowest BCUT2D eigenvalue weighted by atomic mass is 9.86. The molecule has 0 atom stereocenters. The molecule has 0 unspecified atom stereocenters. The summed E-state index contributed by atoms with van der Waals surface area (Å²) in [5, 5.41) is 0. The number of terminal acetylenes is 2. The second-order valence-electron chi connectivity index (χ2n) is 7.89. The van der Waals surface area contributed by atoms with E-state index in [0.717, 1.165) is 0 Å². The lowest BCUT2D eigenvalue weighted by Crippen LogP contribution is -2.40. The van der Waals surface area contributed by atoms with Gasteiger partial charge in [0.05, 0.1) is 0 Å². The van der Waals surface area contributed by atoms with Crippen molar-refractivity contribution in [1.29, 1.82) is 0 Å². The molecule has 0 fully saturated rings. The normalized spacial score (nSPS) is 10.9. The molecule has 0 saturated carbocycles. The van der Waals surface area contributed by atoms with Crippen LogP contribution in [-0.4, -0.2) is 11.9 Å². The van der Waals surface area contributed by atoms with Gasteiger partial charge in [-0.25, -0.2) is 9.59 Å². The topological polar surface area (TPSA) is 52.6 Å². The highest BCUT2D eigenvalue weighted by Gasteiger charge is 2.43. The summed E-state index contributed by atoms with van der Waals surface area (Å²) in [6.07, 6.45) is 11.9. The number of ether oxygens (including phenoxy) is 2. The van der Waals surface area contributed by atoms with Crippen molar-refractivity contribution in [2.75, 3.05) is 0 Å². The van der Waals surface area contributed by atoms with Crippen LogP contribution in [0.2, 0.25) is 0 Å². The number of esters is 2. The summed E-state index contributed by atoms with van der Waals surface area (Å²) in [4.78, 5) is 26.5. The third-order valence-electron chi connectivity index (χ3n) is 5.79. The third kappa shape index (κ3) is 4.49. The maximum Gasteiger partial charge on any atom is 0.419 e. The average Bonchev–Trinajstić information content (AvgIpc) is 2.96. The Balaban J connectivity index is 1.73. The number of benzene rings is 4.